The van der Waals surface area contributed by atoms with Crippen LogP contribution in [0.25, 0.3) is 0 Å². The molecule has 8 heteroatoms. The second-order valence-corrected chi connectivity index (χ2v) is 5.45. The largest absolute Gasteiger partial charge is 0.480 e. The summed E-state index contributed by atoms with van der Waals surface area (Å²) in [6, 6.07) is 8.60. The summed E-state index contributed by atoms with van der Waals surface area (Å²) >= 11 is 0. The van der Waals surface area contributed by atoms with Crippen molar-refractivity contribution in [2.45, 2.75) is 25.9 Å². The molecule has 1 aromatic rings. The van der Waals surface area contributed by atoms with Crippen LogP contribution in [0.1, 0.15) is 18.9 Å². The average molecular weight is 358 g/mol. The maximum atomic E-state index is 12.4. The molecule has 0 heterocycles. The van der Waals surface area contributed by atoms with Crippen molar-refractivity contribution in [2.24, 2.45) is 5.73 Å². The van der Waals surface area contributed by atoms with E-state index in [0.717, 1.165) is 5.56 Å². The number of hydrogen-bond acceptors (Lipinski definition) is 4. The van der Waals surface area contributed by atoms with Gasteiger partial charge in [0.15, 0.2) is 0 Å². The van der Waals surface area contributed by atoms with Crippen LogP contribution >= 0.6 is 12.4 Å². The summed E-state index contributed by atoms with van der Waals surface area (Å²) in [6.07, 6.45) is 0.0662. The van der Waals surface area contributed by atoms with Gasteiger partial charge in [0.25, 0.3) is 0 Å². The highest BCUT2D eigenvalue weighted by molar-refractivity contribution is 5.85. The van der Waals surface area contributed by atoms with Crippen molar-refractivity contribution in [1.82, 2.24) is 9.80 Å². The third-order valence-corrected chi connectivity index (χ3v) is 3.60. The Morgan fingerprint density at radius 2 is 1.79 bits per heavy atom. The molecular formula is C16H24ClN3O4. The summed E-state index contributed by atoms with van der Waals surface area (Å²) in [4.78, 5) is 37.4. The van der Waals surface area contributed by atoms with Gasteiger partial charge >= 0.3 is 5.97 Å². The molecule has 3 N–H and O–H groups in total. The summed E-state index contributed by atoms with van der Waals surface area (Å²) in [5.41, 5.74) is 6.09. The third kappa shape index (κ3) is 7.43. The number of nitrogens with zero attached hydrogens (tertiary/aromatic N) is 2. The SMILES string of the molecule is CC(C(=O)O)N(C)CC(=O)N(CCC(N)=O)Cc1ccccc1.Cl. The fraction of sp³-hybridized carbons (Fsp3) is 0.438. The topological polar surface area (TPSA) is 104 Å². The lowest BCUT2D eigenvalue weighted by Gasteiger charge is -2.27. The number of benzene rings is 1. The van der Waals surface area contributed by atoms with E-state index in [1.54, 1.807) is 7.05 Å². The molecule has 0 aromatic heterocycles. The van der Waals surface area contributed by atoms with E-state index in [4.69, 9.17) is 10.8 Å². The quantitative estimate of drug-likeness (QED) is 0.677. The molecule has 134 valence electrons. The van der Waals surface area contributed by atoms with Crippen molar-refractivity contribution in [3.05, 3.63) is 35.9 Å². The van der Waals surface area contributed by atoms with Gasteiger partial charge in [0.2, 0.25) is 11.8 Å². The van der Waals surface area contributed by atoms with Crippen molar-refractivity contribution in [3.63, 3.8) is 0 Å². The van der Waals surface area contributed by atoms with Gasteiger partial charge in [-0.2, -0.15) is 0 Å². The number of nitrogens with two attached hydrogens (primary N) is 1. The van der Waals surface area contributed by atoms with E-state index < -0.39 is 17.9 Å². The second kappa shape index (κ2) is 10.6. The Balaban J connectivity index is 0.00000529. The molecule has 0 radical (unpaired) electrons. The highest BCUT2D eigenvalue weighted by atomic mass is 35.5. The van der Waals surface area contributed by atoms with Crippen molar-refractivity contribution < 1.29 is 19.5 Å². The molecule has 1 aromatic carbocycles. The Morgan fingerprint density at radius 1 is 1.21 bits per heavy atom. The number of primary amides is 1. The summed E-state index contributed by atoms with van der Waals surface area (Å²) in [7, 11) is 1.57. The minimum Gasteiger partial charge on any atom is -0.480 e. The van der Waals surface area contributed by atoms with Crippen LogP contribution in [0.4, 0.5) is 0 Å². The zero-order chi connectivity index (χ0) is 17.4. The first-order valence-electron chi connectivity index (χ1n) is 7.34. The van der Waals surface area contributed by atoms with E-state index >= 15 is 0 Å². The number of rotatable bonds is 9. The molecule has 0 spiro atoms. The molecule has 1 unspecified atom stereocenters. The summed E-state index contributed by atoms with van der Waals surface area (Å²) in [5.74, 6) is -1.72. The first-order chi connectivity index (χ1) is 10.8. The Bertz CT molecular complexity index is 554. The van der Waals surface area contributed by atoms with Crippen LogP contribution in [0.15, 0.2) is 30.3 Å². The number of likely N-dealkylation sites (N-methyl/N-ethyl adjacent to an activating group) is 1. The molecular weight excluding hydrogens is 334 g/mol. The lowest BCUT2D eigenvalue weighted by atomic mass is 10.2. The van der Waals surface area contributed by atoms with Crippen molar-refractivity contribution in [1.29, 1.82) is 0 Å². The van der Waals surface area contributed by atoms with Gasteiger partial charge in [-0.15, -0.1) is 12.4 Å². The van der Waals surface area contributed by atoms with Crippen LogP contribution in [-0.4, -0.2) is 58.9 Å². The molecule has 0 aliphatic heterocycles. The Morgan fingerprint density at radius 3 is 2.29 bits per heavy atom. The molecule has 0 aliphatic rings. The molecule has 2 amide bonds. The predicted octanol–water partition coefficient (Wildman–Crippen LogP) is 0.717. The second-order valence-electron chi connectivity index (χ2n) is 5.45. The zero-order valence-corrected chi connectivity index (χ0v) is 14.7. The monoisotopic (exact) mass is 357 g/mol. The standard InChI is InChI=1S/C16H23N3O4.ClH/c1-12(16(22)23)18(2)11-15(21)19(9-8-14(17)20)10-13-6-4-3-5-7-13;/h3-7,12H,8-11H2,1-2H3,(H2,17,20)(H,22,23);1H. The maximum absolute atomic E-state index is 12.4. The number of hydrogen-bond donors (Lipinski definition) is 2. The Hall–Kier alpha value is -2.12. The molecule has 24 heavy (non-hydrogen) atoms. The minimum absolute atomic E-state index is 0. The summed E-state index contributed by atoms with van der Waals surface area (Å²) < 4.78 is 0. The normalized spacial score (nSPS) is 11.5. The number of carbonyl (C=O) groups excluding carboxylic acids is 2. The fourth-order valence-electron chi connectivity index (χ4n) is 1.98. The maximum Gasteiger partial charge on any atom is 0.320 e. The highest BCUT2D eigenvalue weighted by Gasteiger charge is 2.22. The van der Waals surface area contributed by atoms with E-state index in [9.17, 15) is 14.4 Å². The summed E-state index contributed by atoms with van der Waals surface area (Å²) in [5, 5.41) is 8.99. The predicted molar refractivity (Wildman–Crippen MR) is 92.6 cm³/mol. The molecule has 7 nitrogen and oxygen atoms in total. The smallest absolute Gasteiger partial charge is 0.320 e. The third-order valence-electron chi connectivity index (χ3n) is 3.60. The van der Waals surface area contributed by atoms with Crippen LogP contribution in [0.2, 0.25) is 0 Å². The highest BCUT2D eigenvalue weighted by Crippen LogP contribution is 2.07. The van der Waals surface area contributed by atoms with Crippen LogP contribution < -0.4 is 5.73 Å². The van der Waals surface area contributed by atoms with Gasteiger partial charge in [-0.05, 0) is 19.5 Å². The molecule has 0 bridgehead atoms. The lowest BCUT2D eigenvalue weighted by molar-refractivity contribution is -0.143. The van der Waals surface area contributed by atoms with Crippen molar-refractivity contribution in [2.75, 3.05) is 20.1 Å². The number of aliphatic carboxylic acids is 1. The van der Waals surface area contributed by atoms with Crippen LogP contribution in [0.3, 0.4) is 0 Å². The summed E-state index contributed by atoms with van der Waals surface area (Å²) in [6.45, 7) is 2.03. The van der Waals surface area contributed by atoms with E-state index in [1.165, 1.54) is 16.7 Å². The molecule has 0 saturated heterocycles. The Kier molecular flexibility index (Phi) is 9.68. The van der Waals surface area contributed by atoms with Gasteiger partial charge in [-0.3, -0.25) is 19.3 Å². The van der Waals surface area contributed by atoms with Gasteiger partial charge in [-0.25, -0.2) is 0 Å². The molecule has 0 aliphatic carbocycles. The molecule has 0 saturated carbocycles. The average Bonchev–Trinajstić information content (AvgIpc) is 2.51. The van der Waals surface area contributed by atoms with Gasteiger partial charge in [-0.1, -0.05) is 30.3 Å². The van der Waals surface area contributed by atoms with Crippen LogP contribution in [0.5, 0.6) is 0 Å². The fourth-order valence-corrected chi connectivity index (χ4v) is 1.98. The van der Waals surface area contributed by atoms with Gasteiger partial charge < -0.3 is 15.7 Å². The number of carbonyl (C=O) groups is 3. The Labute approximate surface area is 147 Å². The van der Waals surface area contributed by atoms with Crippen LogP contribution in [-0.2, 0) is 20.9 Å². The van der Waals surface area contributed by atoms with E-state index in [2.05, 4.69) is 0 Å². The van der Waals surface area contributed by atoms with E-state index in [-0.39, 0.29) is 37.8 Å². The molecule has 1 atom stereocenters. The number of halogens is 1. The first kappa shape index (κ1) is 21.9. The lowest BCUT2D eigenvalue weighted by Crippen LogP contribution is -2.44. The molecule has 1 rings (SSSR count). The number of carboxylic acids is 1. The van der Waals surface area contributed by atoms with E-state index in [1.807, 2.05) is 30.3 Å². The van der Waals surface area contributed by atoms with Crippen molar-refractivity contribution in [3.8, 4) is 0 Å². The van der Waals surface area contributed by atoms with Crippen molar-refractivity contribution >= 4 is 30.2 Å². The van der Waals surface area contributed by atoms with Gasteiger partial charge in [0, 0.05) is 19.5 Å². The number of amides is 2. The minimum atomic E-state index is -0.993. The van der Waals surface area contributed by atoms with Gasteiger partial charge in [0.1, 0.15) is 6.04 Å². The van der Waals surface area contributed by atoms with Gasteiger partial charge in [0.05, 0.1) is 6.54 Å². The number of carboxylic acid groups (broad SMARTS) is 1. The van der Waals surface area contributed by atoms with Crippen LogP contribution in [0, 0.1) is 0 Å². The molecule has 0 fully saturated rings. The van der Waals surface area contributed by atoms with E-state index in [0.29, 0.717) is 6.54 Å². The zero-order valence-electron chi connectivity index (χ0n) is 13.8. The first-order valence-corrected chi connectivity index (χ1v) is 7.34.